The Kier molecular flexibility index (Phi) is 4.97. The van der Waals surface area contributed by atoms with Gasteiger partial charge in [-0.25, -0.2) is 0 Å². The van der Waals surface area contributed by atoms with Crippen LogP contribution < -0.4 is 9.47 Å². The van der Waals surface area contributed by atoms with Crippen LogP contribution in [0, 0.1) is 0 Å². The van der Waals surface area contributed by atoms with Gasteiger partial charge in [-0.3, -0.25) is 4.79 Å². The van der Waals surface area contributed by atoms with Gasteiger partial charge in [0.2, 0.25) is 5.91 Å². The Morgan fingerprint density at radius 2 is 1.89 bits per heavy atom. The maximum Gasteiger partial charge on any atom is 0.258 e. The van der Waals surface area contributed by atoms with Gasteiger partial charge in [0.05, 0.1) is 14.2 Å². The van der Waals surface area contributed by atoms with Crippen LogP contribution in [0.5, 0.6) is 11.5 Å². The van der Waals surface area contributed by atoms with Gasteiger partial charge in [0.25, 0.3) is 5.89 Å². The second-order valence-corrected chi connectivity index (χ2v) is 6.71. The molecule has 1 aromatic heterocycles. The SMILES string of the molecule is COc1ccc(CN2CC(c3noc(-c4cccc(OC)c4)n3)CC2=O)cc1. The van der Waals surface area contributed by atoms with Crippen molar-refractivity contribution in [2.24, 2.45) is 0 Å². The highest BCUT2D eigenvalue weighted by Crippen LogP contribution is 2.30. The lowest BCUT2D eigenvalue weighted by atomic mass is 10.1. The topological polar surface area (TPSA) is 77.7 Å². The quantitative estimate of drug-likeness (QED) is 0.654. The van der Waals surface area contributed by atoms with Gasteiger partial charge in [0.15, 0.2) is 5.82 Å². The first kappa shape index (κ1) is 18.0. The van der Waals surface area contributed by atoms with E-state index >= 15 is 0 Å². The number of benzene rings is 2. The summed E-state index contributed by atoms with van der Waals surface area (Å²) in [5.74, 6) is 2.52. The summed E-state index contributed by atoms with van der Waals surface area (Å²) in [6, 6.07) is 15.2. The number of amides is 1. The van der Waals surface area contributed by atoms with E-state index in [4.69, 9.17) is 14.0 Å². The zero-order chi connectivity index (χ0) is 19.5. The summed E-state index contributed by atoms with van der Waals surface area (Å²) >= 11 is 0. The molecule has 0 aliphatic carbocycles. The van der Waals surface area contributed by atoms with Gasteiger partial charge in [-0.2, -0.15) is 4.98 Å². The molecular formula is C21H21N3O4. The van der Waals surface area contributed by atoms with Crippen LogP contribution in [0.3, 0.4) is 0 Å². The molecule has 1 saturated heterocycles. The van der Waals surface area contributed by atoms with E-state index < -0.39 is 0 Å². The van der Waals surface area contributed by atoms with E-state index in [0.29, 0.717) is 31.2 Å². The maximum absolute atomic E-state index is 12.4. The molecule has 1 unspecified atom stereocenters. The molecule has 0 saturated carbocycles. The van der Waals surface area contributed by atoms with Crippen LogP contribution in [0.25, 0.3) is 11.5 Å². The summed E-state index contributed by atoms with van der Waals surface area (Å²) in [6.07, 6.45) is 0.382. The van der Waals surface area contributed by atoms with Crippen molar-refractivity contribution >= 4 is 5.91 Å². The normalized spacial score (nSPS) is 16.4. The van der Waals surface area contributed by atoms with Crippen molar-refractivity contribution in [3.8, 4) is 23.0 Å². The Labute approximate surface area is 162 Å². The first-order chi connectivity index (χ1) is 13.7. The molecule has 2 aromatic carbocycles. The van der Waals surface area contributed by atoms with Crippen molar-refractivity contribution in [3.63, 3.8) is 0 Å². The molecule has 7 heteroatoms. The molecule has 28 heavy (non-hydrogen) atoms. The molecule has 2 heterocycles. The van der Waals surface area contributed by atoms with Crippen LogP contribution in [-0.4, -0.2) is 41.7 Å². The molecule has 0 radical (unpaired) electrons. The van der Waals surface area contributed by atoms with E-state index in [1.165, 1.54) is 0 Å². The van der Waals surface area contributed by atoms with Crippen molar-refractivity contribution < 1.29 is 18.8 Å². The van der Waals surface area contributed by atoms with E-state index in [-0.39, 0.29) is 11.8 Å². The maximum atomic E-state index is 12.4. The number of likely N-dealkylation sites (tertiary alicyclic amines) is 1. The minimum atomic E-state index is -0.0751. The lowest BCUT2D eigenvalue weighted by molar-refractivity contribution is -0.128. The summed E-state index contributed by atoms with van der Waals surface area (Å²) in [7, 11) is 3.24. The molecule has 3 aromatic rings. The van der Waals surface area contributed by atoms with Crippen LogP contribution in [0.2, 0.25) is 0 Å². The second-order valence-electron chi connectivity index (χ2n) is 6.71. The van der Waals surface area contributed by atoms with Crippen molar-refractivity contribution in [3.05, 3.63) is 59.9 Å². The van der Waals surface area contributed by atoms with Gasteiger partial charge in [0.1, 0.15) is 11.5 Å². The van der Waals surface area contributed by atoms with E-state index in [2.05, 4.69) is 10.1 Å². The Balaban J connectivity index is 1.45. The monoisotopic (exact) mass is 379 g/mol. The molecule has 1 fully saturated rings. The van der Waals surface area contributed by atoms with Crippen LogP contribution >= 0.6 is 0 Å². The Bertz CT molecular complexity index is 968. The standard InChI is InChI=1S/C21H21N3O4/c1-26-17-8-6-14(7-9-17)12-24-13-16(11-19(24)25)20-22-21(28-23-20)15-4-3-5-18(10-15)27-2/h3-10,16H,11-13H2,1-2H3. The van der Waals surface area contributed by atoms with Crippen LogP contribution in [0.1, 0.15) is 23.7 Å². The second kappa shape index (κ2) is 7.72. The van der Waals surface area contributed by atoms with Crippen LogP contribution in [-0.2, 0) is 11.3 Å². The number of rotatable bonds is 6. The van der Waals surface area contributed by atoms with Gasteiger partial charge in [-0.05, 0) is 35.9 Å². The Morgan fingerprint density at radius 3 is 2.64 bits per heavy atom. The van der Waals surface area contributed by atoms with Gasteiger partial charge in [-0.15, -0.1) is 0 Å². The molecule has 1 aliphatic rings. The molecule has 1 aliphatic heterocycles. The molecule has 0 spiro atoms. The zero-order valence-electron chi connectivity index (χ0n) is 15.8. The summed E-state index contributed by atoms with van der Waals surface area (Å²) in [6.45, 7) is 1.13. The number of hydrogen-bond acceptors (Lipinski definition) is 6. The van der Waals surface area contributed by atoms with Crippen molar-refractivity contribution in [2.75, 3.05) is 20.8 Å². The number of carbonyl (C=O) groups excluding carboxylic acids is 1. The van der Waals surface area contributed by atoms with Gasteiger partial charge in [-0.1, -0.05) is 23.4 Å². The van der Waals surface area contributed by atoms with E-state index in [9.17, 15) is 4.79 Å². The third-order valence-electron chi connectivity index (χ3n) is 4.87. The van der Waals surface area contributed by atoms with Gasteiger partial charge in [0, 0.05) is 31.0 Å². The molecular weight excluding hydrogens is 358 g/mol. The van der Waals surface area contributed by atoms with Gasteiger partial charge >= 0.3 is 0 Å². The Hall–Kier alpha value is -3.35. The number of aromatic nitrogens is 2. The van der Waals surface area contributed by atoms with Crippen LogP contribution in [0.4, 0.5) is 0 Å². The summed E-state index contributed by atoms with van der Waals surface area (Å²) in [5.41, 5.74) is 1.84. The minimum absolute atomic E-state index is 0.0751. The third kappa shape index (κ3) is 3.69. The summed E-state index contributed by atoms with van der Waals surface area (Å²) in [4.78, 5) is 18.8. The molecule has 0 N–H and O–H groups in total. The average Bonchev–Trinajstić information content (AvgIpc) is 3.36. The van der Waals surface area contributed by atoms with E-state index in [1.807, 2.05) is 53.4 Å². The lowest BCUT2D eigenvalue weighted by Crippen LogP contribution is -2.24. The smallest absolute Gasteiger partial charge is 0.258 e. The first-order valence-corrected chi connectivity index (χ1v) is 9.05. The third-order valence-corrected chi connectivity index (χ3v) is 4.87. The van der Waals surface area contributed by atoms with E-state index in [1.54, 1.807) is 14.2 Å². The predicted octanol–water partition coefficient (Wildman–Crippen LogP) is 3.27. The average molecular weight is 379 g/mol. The highest BCUT2D eigenvalue weighted by atomic mass is 16.5. The molecule has 1 atom stereocenters. The van der Waals surface area contributed by atoms with E-state index in [0.717, 1.165) is 22.6 Å². The Morgan fingerprint density at radius 1 is 1.11 bits per heavy atom. The molecule has 144 valence electrons. The minimum Gasteiger partial charge on any atom is -0.497 e. The number of ether oxygens (including phenoxy) is 2. The first-order valence-electron chi connectivity index (χ1n) is 9.05. The largest absolute Gasteiger partial charge is 0.497 e. The van der Waals surface area contributed by atoms with Crippen LogP contribution in [0.15, 0.2) is 53.1 Å². The lowest BCUT2D eigenvalue weighted by Gasteiger charge is -2.16. The number of nitrogens with zero attached hydrogens (tertiary/aromatic N) is 3. The van der Waals surface area contributed by atoms with Gasteiger partial charge < -0.3 is 18.9 Å². The number of carbonyl (C=O) groups is 1. The molecule has 0 bridgehead atoms. The number of hydrogen-bond donors (Lipinski definition) is 0. The summed E-state index contributed by atoms with van der Waals surface area (Å²) < 4.78 is 15.8. The molecule has 4 rings (SSSR count). The molecule has 7 nitrogen and oxygen atoms in total. The highest BCUT2D eigenvalue weighted by molar-refractivity contribution is 5.79. The molecule has 1 amide bonds. The fraction of sp³-hybridized carbons (Fsp3) is 0.286. The number of methoxy groups -OCH3 is 2. The van der Waals surface area contributed by atoms with Crippen molar-refractivity contribution in [1.82, 2.24) is 15.0 Å². The predicted molar refractivity (Wildman–Crippen MR) is 102 cm³/mol. The highest BCUT2D eigenvalue weighted by Gasteiger charge is 2.33. The van der Waals surface area contributed by atoms with Crippen molar-refractivity contribution in [1.29, 1.82) is 0 Å². The fourth-order valence-electron chi connectivity index (χ4n) is 3.32. The van der Waals surface area contributed by atoms with Crippen molar-refractivity contribution in [2.45, 2.75) is 18.9 Å². The fourth-order valence-corrected chi connectivity index (χ4v) is 3.32. The zero-order valence-corrected chi connectivity index (χ0v) is 15.8. The summed E-state index contributed by atoms with van der Waals surface area (Å²) in [5, 5.41) is 4.11.